The number of halogens is 1. The Labute approximate surface area is 127 Å². The van der Waals surface area contributed by atoms with Gasteiger partial charge in [0.15, 0.2) is 0 Å². The second-order valence-corrected chi connectivity index (χ2v) is 6.78. The predicted octanol–water partition coefficient (Wildman–Crippen LogP) is 2.71. The lowest BCUT2D eigenvalue weighted by Gasteiger charge is -2.36. The molecule has 0 amide bonds. The van der Waals surface area contributed by atoms with Crippen molar-refractivity contribution in [2.24, 2.45) is 0 Å². The monoisotopic (exact) mass is 309 g/mol. The maximum Gasteiger partial charge on any atom is 0.137 e. The molecule has 1 saturated carbocycles. The molecule has 1 heterocycles. The lowest BCUT2D eigenvalue weighted by Crippen LogP contribution is -2.43. The van der Waals surface area contributed by atoms with Crippen LogP contribution in [-0.2, 0) is 12.1 Å². The van der Waals surface area contributed by atoms with Gasteiger partial charge in [-0.2, -0.15) is 16.9 Å². The minimum atomic E-state index is -0.968. The van der Waals surface area contributed by atoms with Gasteiger partial charge in [-0.1, -0.05) is 23.7 Å². The Morgan fingerprint density at radius 2 is 2.10 bits per heavy atom. The minimum Gasteiger partial charge on any atom is -0.382 e. The number of aliphatic hydroxyl groups is 1. The average molecular weight is 310 g/mol. The highest BCUT2D eigenvalue weighted by Gasteiger charge is 2.59. The van der Waals surface area contributed by atoms with Crippen LogP contribution >= 0.6 is 23.4 Å². The van der Waals surface area contributed by atoms with Gasteiger partial charge in [0.2, 0.25) is 0 Å². The SMILES string of the molecule is CSC1(C(O)(Cn2cncn2)c2ccc(Cl)cc2)CC1. The van der Waals surface area contributed by atoms with Crippen LogP contribution in [0.2, 0.25) is 5.02 Å². The minimum absolute atomic E-state index is 0.146. The van der Waals surface area contributed by atoms with Crippen LogP contribution in [0.4, 0.5) is 0 Å². The van der Waals surface area contributed by atoms with E-state index in [1.54, 1.807) is 22.8 Å². The van der Waals surface area contributed by atoms with E-state index in [0.717, 1.165) is 18.4 Å². The Balaban J connectivity index is 2.01. The van der Waals surface area contributed by atoms with Crippen molar-refractivity contribution in [3.63, 3.8) is 0 Å². The van der Waals surface area contributed by atoms with E-state index < -0.39 is 5.60 Å². The van der Waals surface area contributed by atoms with Gasteiger partial charge >= 0.3 is 0 Å². The lowest BCUT2D eigenvalue weighted by atomic mass is 9.88. The summed E-state index contributed by atoms with van der Waals surface area (Å²) in [5.41, 5.74) is -0.0886. The zero-order valence-corrected chi connectivity index (χ0v) is 12.7. The number of hydrogen-bond acceptors (Lipinski definition) is 4. The van der Waals surface area contributed by atoms with Gasteiger partial charge in [-0.3, -0.25) is 0 Å². The third-order valence-electron chi connectivity index (χ3n) is 4.03. The smallest absolute Gasteiger partial charge is 0.137 e. The van der Waals surface area contributed by atoms with Crippen molar-refractivity contribution in [3.05, 3.63) is 47.5 Å². The van der Waals surface area contributed by atoms with Crippen LogP contribution in [0.15, 0.2) is 36.9 Å². The normalized spacial score (nSPS) is 19.6. The van der Waals surface area contributed by atoms with Crippen LogP contribution in [0, 0.1) is 0 Å². The number of hydrogen-bond donors (Lipinski definition) is 1. The maximum atomic E-state index is 11.4. The number of thioether (sulfide) groups is 1. The summed E-state index contributed by atoms with van der Waals surface area (Å²) < 4.78 is 1.54. The van der Waals surface area contributed by atoms with Crippen LogP contribution in [0.25, 0.3) is 0 Å². The molecule has 1 aromatic heterocycles. The molecular weight excluding hydrogens is 294 g/mol. The number of rotatable bonds is 5. The largest absolute Gasteiger partial charge is 0.382 e. The zero-order chi connectivity index (χ0) is 14.2. The third-order valence-corrected chi connectivity index (χ3v) is 5.81. The Morgan fingerprint density at radius 3 is 2.60 bits per heavy atom. The van der Waals surface area contributed by atoms with Crippen molar-refractivity contribution in [1.29, 1.82) is 0 Å². The molecule has 3 rings (SSSR count). The van der Waals surface area contributed by atoms with Crippen LogP contribution in [0.3, 0.4) is 0 Å². The number of aromatic nitrogens is 3. The van der Waals surface area contributed by atoms with Crippen LogP contribution in [-0.4, -0.2) is 30.9 Å². The zero-order valence-electron chi connectivity index (χ0n) is 11.2. The molecule has 106 valence electrons. The van der Waals surface area contributed by atoms with Crippen molar-refractivity contribution in [2.45, 2.75) is 29.7 Å². The first-order chi connectivity index (χ1) is 9.60. The Morgan fingerprint density at radius 1 is 1.40 bits per heavy atom. The predicted molar refractivity (Wildman–Crippen MR) is 80.9 cm³/mol. The van der Waals surface area contributed by atoms with E-state index in [-0.39, 0.29) is 4.75 Å². The summed E-state index contributed by atoms with van der Waals surface area (Å²) in [4.78, 5) is 3.96. The third kappa shape index (κ3) is 2.24. The van der Waals surface area contributed by atoms with Crippen LogP contribution in [0.5, 0.6) is 0 Å². The second-order valence-electron chi connectivity index (χ2n) is 5.16. The van der Waals surface area contributed by atoms with Gasteiger partial charge in [-0.15, -0.1) is 0 Å². The molecule has 1 aliphatic rings. The lowest BCUT2D eigenvalue weighted by molar-refractivity contribution is 0.00503. The summed E-state index contributed by atoms with van der Waals surface area (Å²) in [7, 11) is 0. The quantitative estimate of drug-likeness (QED) is 0.922. The Hall–Kier alpha value is -1.04. The van der Waals surface area contributed by atoms with E-state index >= 15 is 0 Å². The van der Waals surface area contributed by atoms with Crippen LogP contribution < -0.4 is 0 Å². The van der Waals surface area contributed by atoms with Gasteiger partial charge in [0.25, 0.3) is 0 Å². The van der Waals surface area contributed by atoms with E-state index in [0.29, 0.717) is 11.6 Å². The fourth-order valence-corrected chi connectivity index (χ4v) is 3.83. The molecule has 1 aliphatic carbocycles. The highest BCUT2D eigenvalue weighted by Crippen LogP contribution is 2.59. The molecule has 0 radical (unpaired) electrons. The molecule has 1 unspecified atom stereocenters. The van der Waals surface area contributed by atoms with Crippen molar-refractivity contribution >= 4 is 23.4 Å². The summed E-state index contributed by atoms with van der Waals surface area (Å²) in [5, 5.41) is 16.2. The second kappa shape index (κ2) is 5.06. The molecule has 1 aromatic carbocycles. The Bertz CT molecular complexity index is 583. The summed E-state index contributed by atoms with van der Waals surface area (Å²) in [6.45, 7) is 0.398. The molecule has 0 saturated heterocycles. The fourth-order valence-electron chi connectivity index (χ4n) is 2.67. The van der Waals surface area contributed by atoms with Gasteiger partial charge in [0.05, 0.1) is 11.3 Å². The van der Waals surface area contributed by atoms with Crippen molar-refractivity contribution in [1.82, 2.24) is 14.8 Å². The molecular formula is C14H16ClN3OS. The maximum absolute atomic E-state index is 11.4. The van der Waals surface area contributed by atoms with Crippen molar-refractivity contribution in [2.75, 3.05) is 6.26 Å². The first-order valence-corrected chi connectivity index (χ1v) is 8.06. The molecule has 4 nitrogen and oxygen atoms in total. The van der Waals surface area contributed by atoms with E-state index in [4.69, 9.17) is 11.6 Å². The van der Waals surface area contributed by atoms with E-state index in [1.807, 2.05) is 24.3 Å². The van der Waals surface area contributed by atoms with Gasteiger partial charge in [0.1, 0.15) is 18.3 Å². The number of benzene rings is 1. The van der Waals surface area contributed by atoms with Gasteiger partial charge < -0.3 is 5.11 Å². The Kier molecular flexibility index (Phi) is 3.52. The molecule has 1 fully saturated rings. The molecule has 2 aromatic rings. The molecule has 0 spiro atoms. The van der Waals surface area contributed by atoms with Gasteiger partial charge in [-0.25, -0.2) is 9.67 Å². The molecule has 0 bridgehead atoms. The van der Waals surface area contributed by atoms with Gasteiger partial charge in [0, 0.05) is 5.02 Å². The highest BCUT2D eigenvalue weighted by molar-refractivity contribution is 8.00. The molecule has 20 heavy (non-hydrogen) atoms. The van der Waals surface area contributed by atoms with Crippen LogP contribution in [0.1, 0.15) is 18.4 Å². The fraction of sp³-hybridized carbons (Fsp3) is 0.429. The first kappa shape index (κ1) is 13.9. The molecule has 1 atom stereocenters. The molecule has 0 aliphatic heterocycles. The van der Waals surface area contributed by atoms with E-state index in [2.05, 4.69) is 16.3 Å². The topological polar surface area (TPSA) is 50.9 Å². The summed E-state index contributed by atoms with van der Waals surface area (Å²) in [6, 6.07) is 7.43. The van der Waals surface area contributed by atoms with Crippen molar-refractivity contribution < 1.29 is 5.11 Å². The molecule has 6 heteroatoms. The summed E-state index contributed by atoms with van der Waals surface area (Å²) >= 11 is 7.68. The van der Waals surface area contributed by atoms with Crippen molar-refractivity contribution in [3.8, 4) is 0 Å². The highest BCUT2D eigenvalue weighted by atomic mass is 35.5. The molecule has 1 N–H and O–H groups in total. The van der Waals surface area contributed by atoms with E-state index in [9.17, 15) is 5.11 Å². The number of nitrogens with zero attached hydrogens (tertiary/aromatic N) is 3. The summed E-state index contributed by atoms with van der Waals surface area (Å²) in [6.07, 6.45) is 7.18. The van der Waals surface area contributed by atoms with Gasteiger partial charge in [-0.05, 0) is 36.8 Å². The van der Waals surface area contributed by atoms with E-state index in [1.165, 1.54) is 6.33 Å². The summed E-state index contributed by atoms with van der Waals surface area (Å²) in [5.74, 6) is 0. The standard InChI is InChI=1S/C14H16ClN3OS/c1-20-13(6-7-13)14(19,8-18-10-16-9-17-18)11-2-4-12(15)5-3-11/h2-5,9-10,19H,6-8H2,1H3. The first-order valence-electron chi connectivity index (χ1n) is 6.46. The average Bonchev–Trinajstić information content (AvgIpc) is 3.11.